The summed E-state index contributed by atoms with van der Waals surface area (Å²) in [6.07, 6.45) is -2.62. The summed E-state index contributed by atoms with van der Waals surface area (Å²) in [5.41, 5.74) is 7.92. The second kappa shape index (κ2) is 44.2. The van der Waals surface area contributed by atoms with Gasteiger partial charge in [-0.15, -0.1) is 0 Å². The Morgan fingerprint density at radius 2 is 0.986 bits per heavy atom. The second-order valence-electron chi connectivity index (χ2n) is 33.7. The Bertz CT molecular complexity index is 6520. The van der Waals surface area contributed by atoms with Gasteiger partial charge in [0, 0.05) is 154 Å². The van der Waals surface area contributed by atoms with E-state index in [4.69, 9.17) is 15.2 Å². The number of alkyl halides is 9. The Morgan fingerprint density at radius 1 is 0.507 bits per heavy atom. The first-order valence-electron chi connectivity index (χ1n) is 43.8. The fourth-order valence-electron chi connectivity index (χ4n) is 17.4. The number of ketones is 5. The van der Waals surface area contributed by atoms with E-state index in [-0.39, 0.29) is 142 Å². The number of nitrogens with zero attached hydrogens (tertiary/aromatic N) is 10. The number of nitrogens with one attached hydrogen (secondary N) is 2. The topological polar surface area (TPSA) is 267 Å². The minimum Gasteiger partial charge on any atom is -0.384 e. The predicted octanol–water partition coefficient (Wildman–Crippen LogP) is 21.8. The molecule has 6 aromatic carbocycles. The maximum absolute atomic E-state index is 15.0. The van der Waals surface area contributed by atoms with Crippen LogP contribution in [0.15, 0.2) is 158 Å². The van der Waals surface area contributed by atoms with Crippen LogP contribution in [-0.4, -0.2) is 119 Å². The Labute approximate surface area is 779 Å². The molecule has 3 atom stereocenters. The lowest BCUT2D eigenvalue weighted by Crippen LogP contribution is -2.33. The summed E-state index contributed by atoms with van der Waals surface area (Å²) >= 11 is 0. The Hall–Kier alpha value is -13.7. The van der Waals surface area contributed by atoms with E-state index in [1.54, 1.807) is 18.3 Å². The number of nitrogens with two attached hydrogens (primary N) is 1. The normalized spacial score (nSPS) is 14.2. The molecule has 4 N–H and O–H groups in total. The molecule has 6 heterocycles. The maximum atomic E-state index is 15.0. The number of ether oxygens (including phenoxy) is 2. The van der Waals surface area contributed by atoms with Crippen LogP contribution in [0.3, 0.4) is 0 Å². The van der Waals surface area contributed by atoms with Crippen molar-refractivity contribution in [2.24, 2.45) is 0 Å². The average Bonchev–Trinajstić information content (AvgIpc) is 1.59. The summed E-state index contributed by atoms with van der Waals surface area (Å²) < 4.78 is 268. The number of benzene rings is 6. The van der Waals surface area contributed by atoms with E-state index in [2.05, 4.69) is 50.7 Å². The van der Waals surface area contributed by atoms with Crippen molar-refractivity contribution in [3.05, 3.63) is 306 Å². The largest absolute Gasteiger partial charge is 0.435 e. The summed E-state index contributed by atoms with van der Waals surface area (Å²) in [5, 5.41) is 13.0. The zero-order chi connectivity index (χ0) is 99.4. The van der Waals surface area contributed by atoms with E-state index in [9.17, 15) is 94.2 Å². The van der Waals surface area contributed by atoms with Gasteiger partial charge in [0.05, 0.1) is 53.5 Å². The van der Waals surface area contributed by atoms with Crippen LogP contribution in [0.25, 0.3) is 39.0 Å². The van der Waals surface area contributed by atoms with Crippen LogP contribution in [0.5, 0.6) is 0 Å². The predicted molar refractivity (Wildman–Crippen MR) is 475 cm³/mol. The molecular weight excluding hydrogens is 1840 g/mol. The van der Waals surface area contributed by atoms with Crippen LogP contribution < -0.4 is 16.4 Å². The summed E-state index contributed by atoms with van der Waals surface area (Å²) in [6, 6.07) is 28.2. The van der Waals surface area contributed by atoms with Crippen LogP contribution >= 0.6 is 0 Å². The molecule has 138 heavy (non-hydrogen) atoms. The minimum absolute atomic E-state index is 0.00725. The van der Waals surface area contributed by atoms with Crippen LogP contribution in [0.4, 0.5) is 96.7 Å². The summed E-state index contributed by atoms with van der Waals surface area (Å²) in [5.74, 6) is -19.8. The number of carbonyl (C=O) groups excluding carboxylic acids is 5. The zero-order valence-corrected chi connectivity index (χ0v) is 74.9. The van der Waals surface area contributed by atoms with Gasteiger partial charge in [-0.05, 0) is 219 Å². The van der Waals surface area contributed by atoms with Crippen molar-refractivity contribution in [1.29, 1.82) is 0 Å². The standard InChI is InChI=1S/C34H30F9N5O3.C34H33F6N5O3.C32H28F3N3O/c1-17(49)24-13-19(3-4-26(24)37)25-15-45-32(44-7-8-51-2)46-28(25)20(9-18-10-21(35)14-22(36)11-18)12-23(50)16-48-30-27(29(47-48)31(38)39)33(40,41)5-6-34(30,42)43;1-19(46)27-15-21(7-8-29(27)37)28-17-42-33(41-9-10-48-2)43-31(28)22(11-20-12-23(35)16-24(36)13-20)14-25(47)18-45-30-6-4-3-5-26(30)32(44-45)34(38,39)40;1-2-27-14-22(9-10-37-27)29-7-8-31(36)38-32(29)23(11-19-12-25(34)17-26(35)13-19)16-28(39)15-21-4-3-20-5-6-24(33)18-30(20)21/h3-4,10-11,13-15,20,31H,5-9,12,16H2,1-2H3,(H,44,45,46);7-8,12-13,15-17,22H,3-6,9-11,14,18H2,1-2H3,(H,41,42,43);4-10,12-14,17-18,23H,2-3,11,15-16H2,1H3,(H2,36,38)/t20-;22-;/m10./s1. The minimum atomic E-state index is -4.68. The molecule has 0 saturated heterocycles. The molecule has 38 heteroatoms. The third-order valence-corrected chi connectivity index (χ3v) is 23.6. The summed E-state index contributed by atoms with van der Waals surface area (Å²) in [7, 11) is 2.95. The number of anilines is 3. The first-order chi connectivity index (χ1) is 65.6. The molecule has 6 aromatic heterocycles. The number of aryl methyl sites for hydroxylation is 1. The fraction of sp³-hybridized carbons (Fsp3) is 0.330. The van der Waals surface area contributed by atoms with Crippen molar-refractivity contribution < 1.29 is 112 Å². The van der Waals surface area contributed by atoms with Gasteiger partial charge in [-0.25, -0.2) is 82.0 Å². The molecule has 1 unspecified atom stereocenters. The van der Waals surface area contributed by atoms with E-state index in [0.29, 0.717) is 79.0 Å². The molecule has 724 valence electrons. The van der Waals surface area contributed by atoms with Crippen LogP contribution in [0, 0.1) is 52.4 Å². The van der Waals surface area contributed by atoms with Crippen LogP contribution in [0.1, 0.15) is 202 Å². The summed E-state index contributed by atoms with van der Waals surface area (Å²) in [4.78, 5) is 92.0. The lowest BCUT2D eigenvalue weighted by atomic mass is 9.85. The monoisotopic (exact) mass is 1930 g/mol. The quantitative estimate of drug-likeness (QED) is 0.0187. The van der Waals surface area contributed by atoms with Gasteiger partial charge in [-0.2, -0.15) is 32.1 Å². The number of halogens is 18. The molecule has 15 rings (SSSR count). The number of pyridine rings is 2. The van der Waals surface area contributed by atoms with Crippen molar-refractivity contribution in [2.45, 2.75) is 172 Å². The Morgan fingerprint density at radius 3 is 1.47 bits per heavy atom. The summed E-state index contributed by atoms with van der Waals surface area (Å²) in [6.45, 7) is 3.78. The van der Waals surface area contributed by atoms with E-state index < -0.39 is 167 Å². The highest BCUT2D eigenvalue weighted by Gasteiger charge is 2.55. The van der Waals surface area contributed by atoms with E-state index in [1.807, 2.05) is 31.2 Å². The Balaban J connectivity index is 0.000000176. The molecule has 0 saturated carbocycles. The molecule has 0 radical (unpaired) electrons. The van der Waals surface area contributed by atoms with Gasteiger partial charge in [0.25, 0.3) is 18.3 Å². The highest BCUT2D eigenvalue weighted by molar-refractivity contribution is 5.97. The van der Waals surface area contributed by atoms with Crippen molar-refractivity contribution in [3.63, 3.8) is 0 Å². The number of hydrogen-bond acceptors (Lipinski definition) is 18. The number of hydrogen-bond donors (Lipinski definition) is 3. The van der Waals surface area contributed by atoms with Crippen molar-refractivity contribution in [3.8, 4) is 33.4 Å². The van der Waals surface area contributed by atoms with E-state index in [1.165, 1.54) is 82.1 Å². The average molecular weight is 1930 g/mol. The van der Waals surface area contributed by atoms with Gasteiger partial charge >= 0.3 is 6.18 Å². The fourth-order valence-corrected chi connectivity index (χ4v) is 17.4. The molecule has 0 spiro atoms. The number of aromatic nitrogens is 10. The highest BCUT2D eigenvalue weighted by atomic mass is 19.4. The molecule has 3 aliphatic carbocycles. The number of Topliss-reactive ketones (excluding diaryl/α,β-unsaturated/α-hetero) is 5. The molecule has 0 fully saturated rings. The lowest BCUT2D eigenvalue weighted by molar-refractivity contribution is -0.142. The molecule has 12 aromatic rings. The van der Waals surface area contributed by atoms with Gasteiger partial charge in [-0.1, -0.05) is 31.2 Å². The van der Waals surface area contributed by atoms with Gasteiger partial charge in [0.1, 0.15) is 81.9 Å². The lowest BCUT2D eigenvalue weighted by Gasteiger charge is -2.29. The van der Waals surface area contributed by atoms with E-state index in [0.717, 1.165) is 94.0 Å². The number of fused-ring (bicyclic) bond motifs is 3. The number of nitrogen functional groups attached to an aromatic ring is 1. The number of carbonyl (C=O) groups is 5. The van der Waals surface area contributed by atoms with Crippen LogP contribution in [0.2, 0.25) is 0 Å². The van der Waals surface area contributed by atoms with Gasteiger partial charge in [0.2, 0.25) is 11.9 Å². The number of allylic oxidation sites excluding steroid dienone is 2. The Kier molecular flexibility index (Phi) is 32.6. The van der Waals surface area contributed by atoms with Gasteiger partial charge < -0.3 is 25.8 Å². The third kappa shape index (κ3) is 25.2. The number of rotatable bonds is 36. The van der Waals surface area contributed by atoms with Crippen LogP contribution in [-0.2, 0) is 99.9 Å². The smallest absolute Gasteiger partial charge is 0.384 e. The maximum Gasteiger partial charge on any atom is 0.435 e. The van der Waals surface area contributed by atoms with E-state index >= 15 is 8.78 Å². The molecular formula is C100H91F18N13O7. The zero-order valence-electron chi connectivity index (χ0n) is 74.9. The highest BCUT2D eigenvalue weighted by Crippen LogP contribution is 2.53. The van der Waals surface area contributed by atoms with Gasteiger partial charge in [0.15, 0.2) is 28.8 Å². The molecule has 0 aliphatic heterocycles. The third-order valence-electron chi connectivity index (χ3n) is 23.6. The molecule has 0 bridgehead atoms. The first-order valence-corrected chi connectivity index (χ1v) is 43.8. The SMILES string of the molecule is CCc1cc(-c2ccc(N)nc2C(CC(=O)CC2=CCc3ccc(F)cc32)Cc2cc(F)cc(F)c2)ccn1.COCCNc1ncc(-c2ccc(F)c(C(C)=O)c2)c([C@@H](CC(=O)Cn2nc(C(F)F)c3c2C(F)(F)CCC3(F)F)Cc2cc(F)cc(F)c2)n1.COCCNc1ncc(-c2ccc(F)c(C(C)=O)c2)c([C@H](CC(=O)Cn2nc(C(F)(F)F)c3c2CCCC3)Cc2cc(F)cc(F)c2)n1. The van der Waals surface area contributed by atoms with Crippen molar-refractivity contribution in [2.75, 3.05) is 56.9 Å². The number of methoxy groups -OCH3 is 2. The molecule has 0 amide bonds. The second-order valence-corrected chi connectivity index (χ2v) is 33.7. The first kappa shape index (κ1) is 102. The van der Waals surface area contributed by atoms with Crippen molar-refractivity contribution >= 4 is 52.2 Å². The molecule has 20 nitrogen and oxygen atoms in total. The van der Waals surface area contributed by atoms with Crippen molar-refractivity contribution in [1.82, 2.24) is 49.5 Å². The van der Waals surface area contributed by atoms with Gasteiger partial charge in [-0.3, -0.25) is 38.3 Å². The molecule has 3 aliphatic rings.